The van der Waals surface area contributed by atoms with Gasteiger partial charge in [-0.2, -0.15) is 0 Å². The molecule has 0 bridgehead atoms. The van der Waals surface area contributed by atoms with Crippen molar-refractivity contribution in [2.75, 3.05) is 35.5 Å². The van der Waals surface area contributed by atoms with Gasteiger partial charge in [0.1, 0.15) is 28.7 Å². The highest BCUT2D eigenvalue weighted by Gasteiger charge is 2.21. The first kappa shape index (κ1) is 22.7. The van der Waals surface area contributed by atoms with Crippen molar-refractivity contribution in [2.24, 2.45) is 0 Å². The summed E-state index contributed by atoms with van der Waals surface area (Å²) < 4.78 is 26.8. The van der Waals surface area contributed by atoms with Gasteiger partial charge in [-0.25, -0.2) is 0 Å². The predicted molar refractivity (Wildman–Crippen MR) is 124 cm³/mol. The van der Waals surface area contributed by atoms with Crippen LogP contribution in [-0.2, 0) is 0 Å². The van der Waals surface area contributed by atoms with Crippen LogP contribution in [0, 0.1) is 0 Å². The van der Waals surface area contributed by atoms with Crippen molar-refractivity contribution in [1.82, 2.24) is 0 Å². The number of methoxy groups -OCH3 is 5. The maximum atomic E-state index is 13.6. The minimum absolute atomic E-state index is 0.226. The zero-order valence-corrected chi connectivity index (χ0v) is 18.8. The summed E-state index contributed by atoms with van der Waals surface area (Å²) in [6.07, 6.45) is 3.77. The van der Waals surface area contributed by atoms with Crippen LogP contribution in [0.5, 0.6) is 28.7 Å². The molecule has 0 aliphatic rings. The second kappa shape index (κ2) is 10.4. The van der Waals surface area contributed by atoms with Crippen LogP contribution in [0.15, 0.2) is 54.6 Å². The van der Waals surface area contributed by atoms with Gasteiger partial charge in [0.25, 0.3) is 0 Å². The minimum atomic E-state index is -0.226. The van der Waals surface area contributed by atoms with Crippen molar-refractivity contribution in [2.45, 2.75) is 0 Å². The molecular formula is C26H26O6. The van der Waals surface area contributed by atoms with E-state index in [0.717, 1.165) is 11.3 Å². The van der Waals surface area contributed by atoms with Crippen molar-refractivity contribution < 1.29 is 28.5 Å². The van der Waals surface area contributed by atoms with Crippen LogP contribution >= 0.6 is 0 Å². The van der Waals surface area contributed by atoms with Crippen molar-refractivity contribution >= 4 is 17.9 Å². The average molecular weight is 434 g/mol. The molecule has 0 aromatic heterocycles. The fourth-order valence-corrected chi connectivity index (χ4v) is 3.25. The van der Waals surface area contributed by atoms with E-state index in [4.69, 9.17) is 23.7 Å². The van der Waals surface area contributed by atoms with Gasteiger partial charge in [0.15, 0.2) is 5.78 Å². The highest BCUT2D eigenvalue weighted by Crippen LogP contribution is 2.34. The summed E-state index contributed by atoms with van der Waals surface area (Å²) in [4.78, 5) is 13.6. The standard InChI is InChI=1S/C26H26O6/c1-28-20-10-7-17(8-11-20)6-9-18-12-23(31-4)16-24(32-5)25(18)26(27)19-13-21(29-2)15-22(14-19)30-3/h6-16H,1-5H3/b9-6+. The zero-order chi connectivity index (χ0) is 23.1. The zero-order valence-electron chi connectivity index (χ0n) is 18.8. The number of hydrogen-bond donors (Lipinski definition) is 0. The molecule has 0 heterocycles. The van der Waals surface area contributed by atoms with Crippen LogP contribution in [0.4, 0.5) is 0 Å². The third kappa shape index (κ3) is 5.03. The van der Waals surface area contributed by atoms with Gasteiger partial charge < -0.3 is 23.7 Å². The van der Waals surface area contributed by atoms with E-state index < -0.39 is 0 Å². The SMILES string of the molecule is COc1ccc(/C=C/c2cc(OC)cc(OC)c2C(=O)c2cc(OC)cc(OC)c2)cc1. The number of carbonyl (C=O) groups excluding carboxylic acids is 1. The minimum Gasteiger partial charge on any atom is -0.497 e. The number of ether oxygens (including phenoxy) is 5. The van der Waals surface area contributed by atoms with Crippen molar-refractivity contribution in [3.63, 3.8) is 0 Å². The van der Waals surface area contributed by atoms with E-state index >= 15 is 0 Å². The third-order valence-corrected chi connectivity index (χ3v) is 4.97. The third-order valence-electron chi connectivity index (χ3n) is 4.97. The van der Waals surface area contributed by atoms with E-state index in [1.807, 2.05) is 36.4 Å². The first-order valence-corrected chi connectivity index (χ1v) is 9.88. The van der Waals surface area contributed by atoms with Crippen molar-refractivity contribution in [3.05, 3.63) is 76.9 Å². The molecule has 0 fully saturated rings. The van der Waals surface area contributed by atoms with Gasteiger partial charge in [0.05, 0.1) is 41.1 Å². The summed E-state index contributed by atoms with van der Waals surface area (Å²) >= 11 is 0. The molecule has 0 N–H and O–H groups in total. The second-order valence-electron chi connectivity index (χ2n) is 6.83. The Morgan fingerprint density at radius 2 is 1.19 bits per heavy atom. The number of rotatable bonds is 9. The Bertz CT molecular complexity index is 1090. The van der Waals surface area contributed by atoms with E-state index in [9.17, 15) is 4.79 Å². The number of hydrogen-bond acceptors (Lipinski definition) is 6. The lowest BCUT2D eigenvalue weighted by Gasteiger charge is -2.14. The molecule has 0 saturated carbocycles. The smallest absolute Gasteiger partial charge is 0.197 e. The maximum absolute atomic E-state index is 13.6. The number of benzene rings is 3. The van der Waals surface area contributed by atoms with Gasteiger partial charge in [0, 0.05) is 17.7 Å². The Kier molecular flexibility index (Phi) is 7.39. The van der Waals surface area contributed by atoms with Crippen LogP contribution in [0.1, 0.15) is 27.0 Å². The fourth-order valence-electron chi connectivity index (χ4n) is 3.25. The Morgan fingerprint density at radius 3 is 1.72 bits per heavy atom. The monoisotopic (exact) mass is 434 g/mol. The fraction of sp³-hybridized carbons (Fsp3) is 0.192. The van der Waals surface area contributed by atoms with E-state index in [1.165, 1.54) is 7.11 Å². The van der Waals surface area contributed by atoms with Gasteiger partial charge in [-0.05, 0) is 41.5 Å². The molecule has 0 aliphatic carbocycles. The maximum Gasteiger partial charge on any atom is 0.197 e. The molecule has 0 aliphatic heterocycles. The molecular weight excluding hydrogens is 408 g/mol. The molecule has 0 saturated heterocycles. The Morgan fingerprint density at radius 1 is 0.625 bits per heavy atom. The Labute approximate surface area is 188 Å². The summed E-state index contributed by atoms with van der Waals surface area (Å²) in [5.74, 6) is 2.58. The van der Waals surface area contributed by atoms with Crippen LogP contribution in [0.2, 0.25) is 0 Å². The summed E-state index contributed by atoms with van der Waals surface area (Å²) in [5, 5.41) is 0. The Balaban J connectivity index is 2.11. The molecule has 0 amide bonds. The molecule has 3 rings (SSSR count). The molecule has 32 heavy (non-hydrogen) atoms. The predicted octanol–water partition coefficient (Wildman–Crippen LogP) is 5.13. The lowest BCUT2D eigenvalue weighted by Crippen LogP contribution is -2.08. The quantitative estimate of drug-likeness (QED) is 0.344. The molecule has 0 spiro atoms. The molecule has 3 aromatic carbocycles. The van der Waals surface area contributed by atoms with Crippen molar-refractivity contribution in [1.29, 1.82) is 0 Å². The highest BCUT2D eigenvalue weighted by atomic mass is 16.5. The number of carbonyl (C=O) groups is 1. The summed E-state index contributed by atoms with van der Waals surface area (Å²) in [6.45, 7) is 0. The molecule has 0 atom stereocenters. The molecule has 6 nitrogen and oxygen atoms in total. The van der Waals surface area contributed by atoms with Crippen molar-refractivity contribution in [3.8, 4) is 28.7 Å². The lowest BCUT2D eigenvalue weighted by atomic mass is 9.95. The van der Waals surface area contributed by atoms with E-state index in [0.29, 0.717) is 39.7 Å². The first-order chi connectivity index (χ1) is 15.5. The highest BCUT2D eigenvalue weighted by molar-refractivity contribution is 6.13. The van der Waals surface area contributed by atoms with E-state index in [1.54, 1.807) is 58.8 Å². The van der Waals surface area contributed by atoms with E-state index in [-0.39, 0.29) is 5.78 Å². The van der Waals surface area contributed by atoms with Gasteiger partial charge in [-0.15, -0.1) is 0 Å². The van der Waals surface area contributed by atoms with Crippen LogP contribution in [-0.4, -0.2) is 41.3 Å². The lowest BCUT2D eigenvalue weighted by molar-refractivity contribution is 0.103. The summed E-state index contributed by atoms with van der Waals surface area (Å²) in [5.41, 5.74) is 2.44. The summed E-state index contributed by atoms with van der Waals surface area (Å²) in [6, 6.07) is 16.2. The van der Waals surface area contributed by atoms with Crippen LogP contribution in [0.25, 0.3) is 12.2 Å². The molecule has 6 heteroatoms. The number of ketones is 1. The second-order valence-corrected chi connectivity index (χ2v) is 6.83. The van der Waals surface area contributed by atoms with Gasteiger partial charge >= 0.3 is 0 Å². The summed E-state index contributed by atoms with van der Waals surface area (Å²) in [7, 11) is 7.80. The largest absolute Gasteiger partial charge is 0.497 e. The molecule has 0 radical (unpaired) electrons. The Hall–Kier alpha value is -3.93. The molecule has 166 valence electrons. The van der Waals surface area contributed by atoms with Gasteiger partial charge in [-0.1, -0.05) is 24.3 Å². The molecule has 3 aromatic rings. The topological polar surface area (TPSA) is 63.2 Å². The normalized spacial score (nSPS) is 10.7. The average Bonchev–Trinajstić information content (AvgIpc) is 2.86. The van der Waals surface area contributed by atoms with Crippen LogP contribution in [0.3, 0.4) is 0 Å². The van der Waals surface area contributed by atoms with Crippen LogP contribution < -0.4 is 23.7 Å². The molecule has 0 unspecified atom stereocenters. The van der Waals surface area contributed by atoms with Gasteiger partial charge in [0.2, 0.25) is 0 Å². The first-order valence-electron chi connectivity index (χ1n) is 9.88. The van der Waals surface area contributed by atoms with E-state index in [2.05, 4.69) is 0 Å². The van der Waals surface area contributed by atoms with Gasteiger partial charge in [-0.3, -0.25) is 4.79 Å².